The summed E-state index contributed by atoms with van der Waals surface area (Å²) in [5.74, 6) is 0. The summed E-state index contributed by atoms with van der Waals surface area (Å²) in [5, 5.41) is 0.775. The highest BCUT2D eigenvalue weighted by molar-refractivity contribution is 7.92. The highest BCUT2D eigenvalue weighted by Gasteiger charge is 2.30. The first-order valence-corrected chi connectivity index (χ1v) is 12.0. The van der Waals surface area contributed by atoms with E-state index in [0.717, 1.165) is 61.3 Å². The van der Waals surface area contributed by atoms with Gasteiger partial charge < -0.3 is 0 Å². The van der Waals surface area contributed by atoms with Crippen LogP contribution in [-0.4, -0.2) is 31.4 Å². The van der Waals surface area contributed by atoms with Crippen LogP contribution in [0.25, 0.3) is 10.9 Å². The molecule has 1 N–H and O–H groups in total. The van der Waals surface area contributed by atoms with E-state index < -0.39 is 21.8 Å². The average molecular weight is 464 g/mol. The first-order valence-electron chi connectivity index (χ1n) is 10.5. The van der Waals surface area contributed by atoms with Gasteiger partial charge >= 0.3 is 6.18 Å². The number of nitrogens with one attached hydrogen (secondary N) is 1. The van der Waals surface area contributed by atoms with Crippen molar-refractivity contribution in [2.45, 2.75) is 43.3 Å². The largest absolute Gasteiger partial charge is 0.416 e. The molecule has 5 nitrogen and oxygen atoms in total. The lowest BCUT2D eigenvalue weighted by Crippen LogP contribution is -2.24. The second-order valence-corrected chi connectivity index (χ2v) is 9.68. The Hall–Kier alpha value is -2.65. The molecule has 2 aromatic carbocycles. The van der Waals surface area contributed by atoms with Gasteiger partial charge in [0.15, 0.2) is 0 Å². The number of para-hydroxylation sites is 1. The van der Waals surface area contributed by atoms with E-state index in [1.54, 1.807) is 12.1 Å². The fourth-order valence-corrected chi connectivity index (χ4v) is 4.97. The lowest BCUT2D eigenvalue weighted by Gasteiger charge is -2.19. The number of fused-ring (bicyclic) bond motifs is 1. The summed E-state index contributed by atoms with van der Waals surface area (Å²) >= 11 is 0. The summed E-state index contributed by atoms with van der Waals surface area (Å²) in [6.45, 7) is 2.72. The van der Waals surface area contributed by atoms with Gasteiger partial charge in [-0.2, -0.15) is 13.2 Å². The van der Waals surface area contributed by atoms with Crippen LogP contribution in [0.3, 0.4) is 0 Å². The number of hydrogen-bond donors (Lipinski definition) is 1. The van der Waals surface area contributed by atoms with Gasteiger partial charge in [0.25, 0.3) is 10.0 Å². The van der Waals surface area contributed by atoms with E-state index in [1.165, 1.54) is 12.8 Å². The highest BCUT2D eigenvalue weighted by atomic mass is 32.2. The van der Waals surface area contributed by atoms with Crippen LogP contribution in [0.1, 0.15) is 36.9 Å². The molecule has 1 fully saturated rings. The van der Waals surface area contributed by atoms with Crippen molar-refractivity contribution in [2.75, 3.05) is 17.8 Å². The molecule has 32 heavy (non-hydrogen) atoms. The van der Waals surface area contributed by atoms with E-state index >= 15 is 0 Å². The van der Waals surface area contributed by atoms with Crippen LogP contribution in [0, 0.1) is 0 Å². The second kappa shape index (κ2) is 9.07. The van der Waals surface area contributed by atoms with Gasteiger partial charge in [0.2, 0.25) is 0 Å². The predicted molar refractivity (Wildman–Crippen MR) is 118 cm³/mol. The van der Waals surface area contributed by atoms with E-state index in [9.17, 15) is 21.6 Å². The summed E-state index contributed by atoms with van der Waals surface area (Å²) in [6.07, 6.45) is 0.256. The Morgan fingerprint density at radius 3 is 2.25 bits per heavy atom. The molecule has 0 aliphatic carbocycles. The fourth-order valence-electron chi connectivity index (χ4n) is 3.91. The number of rotatable bonds is 5. The van der Waals surface area contributed by atoms with Crippen molar-refractivity contribution in [3.63, 3.8) is 0 Å². The summed E-state index contributed by atoms with van der Waals surface area (Å²) in [7, 11) is -4.08. The minimum absolute atomic E-state index is 0.247. The zero-order valence-corrected chi connectivity index (χ0v) is 18.2. The third-order valence-electron chi connectivity index (χ3n) is 5.60. The number of likely N-dealkylation sites (tertiary alicyclic amines) is 1. The molecule has 2 heterocycles. The maximum Gasteiger partial charge on any atom is 0.416 e. The predicted octanol–water partition coefficient (Wildman–Crippen LogP) is 5.43. The van der Waals surface area contributed by atoms with Gasteiger partial charge in [-0.3, -0.25) is 9.62 Å². The first kappa shape index (κ1) is 22.5. The maximum absolute atomic E-state index is 12.8. The van der Waals surface area contributed by atoms with Gasteiger partial charge in [-0.1, -0.05) is 31.0 Å². The van der Waals surface area contributed by atoms with E-state index in [4.69, 9.17) is 4.98 Å². The fraction of sp³-hybridized carbons (Fsp3) is 0.348. The van der Waals surface area contributed by atoms with Crippen molar-refractivity contribution in [1.29, 1.82) is 0 Å². The maximum atomic E-state index is 12.8. The molecule has 4 rings (SSSR count). The number of benzene rings is 2. The smallest absolute Gasteiger partial charge is 0.298 e. The molecule has 0 atom stereocenters. The molecule has 0 amide bonds. The Morgan fingerprint density at radius 2 is 1.59 bits per heavy atom. The summed E-state index contributed by atoms with van der Waals surface area (Å²) < 4.78 is 66.5. The minimum Gasteiger partial charge on any atom is -0.298 e. The van der Waals surface area contributed by atoms with Gasteiger partial charge in [-0.15, -0.1) is 0 Å². The average Bonchev–Trinajstić information content (AvgIpc) is 3.02. The van der Waals surface area contributed by atoms with Crippen LogP contribution in [0.4, 0.5) is 18.9 Å². The van der Waals surface area contributed by atoms with Crippen LogP contribution in [0.2, 0.25) is 0 Å². The van der Waals surface area contributed by atoms with E-state index in [-0.39, 0.29) is 4.90 Å². The Kier molecular flexibility index (Phi) is 6.39. The molecule has 3 aromatic rings. The van der Waals surface area contributed by atoms with Gasteiger partial charge in [0.1, 0.15) is 0 Å². The lowest BCUT2D eigenvalue weighted by molar-refractivity contribution is -0.137. The molecule has 170 valence electrons. The van der Waals surface area contributed by atoms with Crippen LogP contribution >= 0.6 is 0 Å². The Morgan fingerprint density at radius 1 is 0.906 bits per heavy atom. The quantitative estimate of drug-likeness (QED) is 0.548. The zero-order valence-electron chi connectivity index (χ0n) is 17.4. The first-order chi connectivity index (χ1) is 15.2. The number of aromatic nitrogens is 1. The minimum atomic E-state index is -4.53. The van der Waals surface area contributed by atoms with Crippen LogP contribution in [-0.2, 0) is 22.7 Å². The van der Waals surface area contributed by atoms with E-state index in [2.05, 4.69) is 9.62 Å². The van der Waals surface area contributed by atoms with Crippen LogP contribution in [0.15, 0.2) is 59.5 Å². The second-order valence-electron chi connectivity index (χ2n) is 8.00. The molecule has 1 saturated heterocycles. The third kappa shape index (κ3) is 5.21. The Labute approximate surface area is 185 Å². The monoisotopic (exact) mass is 463 g/mol. The number of anilines is 1. The topological polar surface area (TPSA) is 62.3 Å². The van der Waals surface area contributed by atoms with Gasteiger partial charge in [-0.25, -0.2) is 13.4 Å². The van der Waals surface area contributed by atoms with Crippen molar-refractivity contribution in [3.05, 3.63) is 65.9 Å². The number of alkyl halides is 3. The number of sulfonamides is 1. The molecule has 0 spiro atoms. The summed E-state index contributed by atoms with van der Waals surface area (Å²) in [6, 6.07) is 12.4. The van der Waals surface area contributed by atoms with Crippen molar-refractivity contribution in [1.82, 2.24) is 9.88 Å². The SMILES string of the molecule is O=S(=O)(Nc1cccc2ccc(CN3CCCCCC3)nc12)c1ccc(C(F)(F)F)cc1. The summed E-state index contributed by atoms with van der Waals surface area (Å²) in [5.41, 5.74) is 0.748. The molecule has 1 aromatic heterocycles. The Balaban J connectivity index is 1.60. The molecule has 0 saturated carbocycles. The number of halogens is 3. The molecule has 9 heteroatoms. The van der Waals surface area contributed by atoms with Crippen LogP contribution < -0.4 is 4.72 Å². The summed E-state index contributed by atoms with van der Waals surface area (Å²) in [4.78, 5) is 6.82. The number of pyridine rings is 1. The van der Waals surface area contributed by atoms with Gasteiger partial charge in [-0.05, 0) is 62.3 Å². The molecular weight excluding hydrogens is 439 g/mol. The molecule has 0 unspecified atom stereocenters. The molecular formula is C23H24F3N3O2S. The molecule has 0 radical (unpaired) electrons. The number of nitrogens with zero attached hydrogens (tertiary/aromatic N) is 2. The Bertz CT molecular complexity index is 1190. The standard InChI is InChI=1S/C23H24F3N3O2S/c24-23(25,26)18-9-12-20(13-10-18)32(30,31)28-21-7-5-6-17-8-11-19(27-22(17)21)16-29-14-3-1-2-4-15-29/h5-13,28H,1-4,14-16H2. The van der Waals surface area contributed by atoms with E-state index in [0.29, 0.717) is 17.7 Å². The van der Waals surface area contributed by atoms with Crippen LogP contribution in [0.5, 0.6) is 0 Å². The van der Waals surface area contributed by atoms with Crippen molar-refractivity contribution in [3.8, 4) is 0 Å². The molecule has 1 aliphatic rings. The van der Waals surface area contributed by atoms with Crippen molar-refractivity contribution < 1.29 is 21.6 Å². The number of hydrogen-bond acceptors (Lipinski definition) is 4. The normalized spacial score (nSPS) is 16.1. The van der Waals surface area contributed by atoms with Gasteiger partial charge in [0, 0.05) is 11.9 Å². The highest BCUT2D eigenvalue weighted by Crippen LogP contribution is 2.30. The third-order valence-corrected chi connectivity index (χ3v) is 6.98. The van der Waals surface area contributed by atoms with Crippen molar-refractivity contribution in [2.24, 2.45) is 0 Å². The molecule has 0 bridgehead atoms. The van der Waals surface area contributed by atoms with E-state index in [1.807, 2.05) is 18.2 Å². The zero-order chi connectivity index (χ0) is 22.8. The lowest BCUT2D eigenvalue weighted by atomic mass is 10.1. The van der Waals surface area contributed by atoms with Gasteiger partial charge in [0.05, 0.1) is 27.4 Å². The molecule has 1 aliphatic heterocycles. The van der Waals surface area contributed by atoms with Crippen molar-refractivity contribution >= 4 is 26.6 Å².